The van der Waals surface area contributed by atoms with E-state index in [0.29, 0.717) is 17.3 Å². The van der Waals surface area contributed by atoms with Crippen LogP contribution in [0.15, 0.2) is 72.8 Å². The van der Waals surface area contributed by atoms with E-state index in [1.54, 1.807) is 12.1 Å². The van der Waals surface area contributed by atoms with Gasteiger partial charge in [-0.2, -0.15) is 0 Å². The first-order chi connectivity index (χ1) is 25.9. The van der Waals surface area contributed by atoms with Gasteiger partial charge in [0.2, 0.25) is 0 Å². The monoisotopic (exact) mass is 740 g/mol. The first kappa shape index (κ1) is 37.3. The number of rotatable bonds is 8. The van der Waals surface area contributed by atoms with Crippen LogP contribution in [0, 0.1) is 0 Å². The fraction of sp³-hybridized carbons (Fsp3) is 0.395. The topological polar surface area (TPSA) is 112 Å². The maximum absolute atomic E-state index is 15.5. The van der Waals surface area contributed by atoms with Crippen LogP contribution in [0.1, 0.15) is 134 Å². The Morgan fingerprint density at radius 2 is 0.964 bits per heavy atom. The number of imide groups is 2. The second-order valence-corrected chi connectivity index (χ2v) is 17.0. The maximum Gasteiger partial charge on any atom is 0.495 e. The number of nitrogens with zero attached hydrogens (tertiary/aromatic N) is 2. The summed E-state index contributed by atoms with van der Waals surface area (Å²) in [7, 11) is -2.12. The predicted octanol–water partition coefficient (Wildman–Crippen LogP) is 6.22. The van der Waals surface area contributed by atoms with E-state index in [-0.39, 0.29) is 39.6 Å². The first-order valence-electron chi connectivity index (χ1n) is 19.1. The molecule has 0 aromatic heterocycles. The minimum absolute atomic E-state index is 0.146. The van der Waals surface area contributed by atoms with Crippen LogP contribution in [0.25, 0.3) is 10.8 Å². The summed E-state index contributed by atoms with van der Waals surface area (Å²) in [6, 6.07) is 21.3. The highest BCUT2D eigenvalue weighted by Crippen LogP contribution is 2.44. The number of hydrogen-bond acceptors (Lipinski definition) is 8. The molecule has 2 fully saturated rings. The number of amides is 4. The molecule has 0 spiro atoms. The third-order valence-electron chi connectivity index (χ3n) is 12.5. The van der Waals surface area contributed by atoms with Crippen molar-refractivity contribution in [3.05, 3.63) is 106 Å². The molecule has 4 amide bonds. The molecule has 0 unspecified atom stereocenters. The van der Waals surface area contributed by atoms with Crippen molar-refractivity contribution in [2.45, 2.75) is 104 Å². The maximum atomic E-state index is 15.5. The van der Waals surface area contributed by atoms with Crippen LogP contribution < -0.4 is 10.9 Å². The zero-order valence-corrected chi connectivity index (χ0v) is 32.9. The Balaban J connectivity index is 1.47. The van der Waals surface area contributed by atoms with Gasteiger partial charge in [0.15, 0.2) is 0 Å². The lowest BCUT2D eigenvalue weighted by atomic mass is 9.66. The second-order valence-electron chi connectivity index (χ2n) is 17.0. The molecular formula is C43H46B2N2O8. The molecule has 4 heterocycles. The highest BCUT2D eigenvalue weighted by Gasteiger charge is 2.57. The Morgan fingerprint density at radius 3 is 1.38 bits per heavy atom. The molecule has 4 aliphatic rings. The molecule has 12 heteroatoms. The molecule has 10 nitrogen and oxygen atoms in total. The van der Waals surface area contributed by atoms with Crippen LogP contribution in [-0.4, -0.2) is 76.6 Å². The minimum atomic E-state index is -1.07. The highest BCUT2D eigenvalue weighted by atomic mass is 16.7. The summed E-state index contributed by atoms with van der Waals surface area (Å²) in [4.78, 5) is 62.7. The van der Waals surface area contributed by atoms with Crippen molar-refractivity contribution in [2.75, 3.05) is 6.54 Å². The van der Waals surface area contributed by atoms with Crippen molar-refractivity contribution >= 4 is 59.6 Å². The van der Waals surface area contributed by atoms with Gasteiger partial charge < -0.3 is 18.6 Å². The average molecular weight is 740 g/mol. The fourth-order valence-corrected chi connectivity index (χ4v) is 8.02. The lowest BCUT2D eigenvalue weighted by Gasteiger charge is -2.38. The lowest BCUT2D eigenvalue weighted by molar-refractivity contribution is 0.00578. The zero-order chi connectivity index (χ0) is 39.4. The fourth-order valence-electron chi connectivity index (χ4n) is 8.02. The Kier molecular flexibility index (Phi) is 8.62. The van der Waals surface area contributed by atoms with E-state index in [4.69, 9.17) is 18.6 Å². The van der Waals surface area contributed by atoms with Gasteiger partial charge in [0.05, 0.1) is 28.4 Å². The van der Waals surface area contributed by atoms with Crippen molar-refractivity contribution in [3.8, 4) is 0 Å². The van der Waals surface area contributed by atoms with Gasteiger partial charge in [-0.3, -0.25) is 29.0 Å². The van der Waals surface area contributed by atoms with Crippen molar-refractivity contribution in [2.24, 2.45) is 0 Å². The van der Waals surface area contributed by atoms with E-state index >= 15 is 9.59 Å². The molecule has 55 heavy (non-hydrogen) atoms. The quantitative estimate of drug-likeness (QED) is 0.155. The molecule has 0 saturated carbocycles. The van der Waals surface area contributed by atoms with Crippen LogP contribution in [0.5, 0.6) is 0 Å². The Morgan fingerprint density at radius 1 is 0.564 bits per heavy atom. The smallest absolute Gasteiger partial charge is 0.399 e. The minimum Gasteiger partial charge on any atom is -0.399 e. The molecule has 0 aliphatic carbocycles. The van der Waals surface area contributed by atoms with Gasteiger partial charge in [-0.1, -0.05) is 74.0 Å². The molecule has 0 N–H and O–H groups in total. The van der Waals surface area contributed by atoms with Gasteiger partial charge in [-0.05, 0) is 96.0 Å². The molecule has 282 valence electrons. The van der Waals surface area contributed by atoms with Gasteiger partial charge in [-0.15, -0.1) is 0 Å². The van der Waals surface area contributed by atoms with Gasteiger partial charge >= 0.3 is 14.2 Å². The van der Waals surface area contributed by atoms with Crippen LogP contribution in [0.3, 0.4) is 0 Å². The van der Waals surface area contributed by atoms with Crippen LogP contribution in [-0.2, 0) is 18.6 Å². The van der Waals surface area contributed by atoms with Gasteiger partial charge in [0.1, 0.15) is 0 Å². The second kappa shape index (κ2) is 12.7. The van der Waals surface area contributed by atoms with E-state index < -0.39 is 66.3 Å². The molecule has 0 atom stereocenters. The normalized spacial score (nSPS) is 20.8. The third-order valence-corrected chi connectivity index (χ3v) is 12.5. The number of hydrogen-bond donors (Lipinski definition) is 0. The summed E-state index contributed by atoms with van der Waals surface area (Å²) >= 11 is 0. The Labute approximate surface area is 322 Å². The average Bonchev–Trinajstić information content (AvgIpc) is 3.50. The van der Waals surface area contributed by atoms with E-state index in [2.05, 4.69) is 0 Å². The molecule has 2 saturated heterocycles. The van der Waals surface area contributed by atoms with E-state index in [9.17, 15) is 9.59 Å². The van der Waals surface area contributed by atoms with Crippen molar-refractivity contribution in [1.82, 2.24) is 9.80 Å². The van der Waals surface area contributed by atoms with Crippen LogP contribution in [0.4, 0.5) is 0 Å². The van der Waals surface area contributed by atoms with Crippen LogP contribution >= 0.6 is 0 Å². The van der Waals surface area contributed by atoms with Crippen molar-refractivity contribution in [3.63, 3.8) is 0 Å². The summed E-state index contributed by atoms with van der Waals surface area (Å²) < 4.78 is 26.3. The summed E-state index contributed by atoms with van der Waals surface area (Å²) in [6.45, 7) is 17.5. The molecule has 4 aromatic carbocycles. The number of benzene rings is 4. The Bertz CT molecular complexity index is 2220. The molecule has 0 radical (unpaired) electrons. The van der Waals surface area contributed by atoms with E-state index in [1.807, 2.05) is 123 Å². The summed E-state index contributed by atoms with van der Waals surface area (Å²) in [5, 5.41) is 0.456. The van der Waals surface area contributed by atoms with Crippen molar-refractivity contribution in [1.29, 1.82) is 0 Å². The largest absolute Gasteiger partial charge is 0.495 e. The summed E-state index contributed by atoms with van der Waals surface area (Å²) in [6.07, 6.45) is 1.34. The molecule has 4 aliphatic heterocycles. The highest BCUT2D eigenvalue weighted by molar-refractivity contribution is 6.67. The summed E-state index contributed by atoms with van der Waals surface area (Å²) in [5.74, 6) is -2.20. The van der Waals surface area contributed by atoms with Gasteiger partial charge in [-0.25, -0.2) is 0 Å². The molecule has 0 bridgehead atoms. The van der Waals surface area contributed by atoms with Gasteiger partial charge in [0.25, 0.3) is 23.6 Å². The number of unbranched alkanes of at least 4 members (excludes halogenated alkanes) is 1. The van der Waals surface area contributed by atoms with E-state index in [1.165, 1.54) is 9.80 Å². The Hall–Kier alpha value is -4.61. The molecular weight excluding hydrogens is 694 g/mol. The lowest BCUT2D eigenvalue weighted by Crippen LogP contribution is -2.52. The number of carbonyl (C=O) groups excluding carboxylic acids is 4. The molecule has 4 aromatic rings. The predicted molar refractivity (Wildman–Crippen MR) is 211 cm³/mol. The first-order valence-corrected chi connectivity index (χ1v) is 19.1. The van der Waals surface area contributed by atoms with Crippen LogP contribution in [0.2, 0.25) is 0 Å². The number of carbonyl (C=O) groups is 4. The zero-order valence-electron chi connectivity index (χ0n) is 32.9. The van der Waals surface area contributed by atoms with Gasteiger partial charge in [0, 0.05) is 39.6 Å². The SMILES string of the molecule is CCCCN1C(=O)c2cc(B3OC(C)(C)C(C)(C)O3)c3c4c(cc(B5OC(C)(C)C(C)(C)O5)c(c24)C1=O)C(=O)N(C(c1ccccc1)c1ccccc1)C3=O. The third kappa shape index (κ3) is 5.55. The van der Waals surface area contributed by atoms with Crippen molar-refractivity contribution < 1.29 is 37.8 Å². The van der Waals surface area contributed by atoms with E-state index in [0.717, 1.165) is 17.5 Å². The summed E-state index contributed by atoms with van der Waals surface area (Å²) in [5.41, 5.74) is -0.376. The molecule has 8 rings (SSSR count). The standard InChI is InChI=1S/C43H46B2N2O8/c1-10-11-22-46-36(48)27-23-30(45-54-42(6,7)43(8,9)55-45)34-32-28(24-29(33(31(27)32)38(46)50)44-52-40(2,3)41(4,5)53-44)37(49)47(39(34)51)35(25-18-14-12-15-19-25)26-20-16-13-17-21-26/h12-21,23-24,35H,10-11,22H2,1-9H3.